The molecule has 0 unspecified atom stereocenters. The Morgan fingerprint density at radius 2 is 2.05 bits per heavy atom. The second-order valence-corrected chi connectivity index (χ2v) is 7.94. The van der Waals surface area contributed by atoms with Crippen LogP contribution in [0.2, 0.25) is 0 Å². The molecular formula is C12H11F3N2O3S2. The molecule has 5 nitrogen and oxygen atoms in total. The van der Waals surface area contributed by atoms with E-state index in [2.05, 4.69) is 14.4 Å². The zero-order valence-electron chi connectivity index (χ0n) is 11.3. The van der Waals surface area contributed by atoms with Gasteiger partial charge in [-0.2, -0.15) is 13.2 Å². The SMILES string of the molecule is Cc1sc(-c2cc(C(F)(F)F)on2)cc1S(=O)(=O)NC1CC1. The van der Waals surface area contributed by atoms with Crippen LogP contribution in [-0.4, -0.2) is 19.6 Å². The van der Waals surface area contributed by atoms with Crippen molar-refractivity contribution in [1.29, 1.82) is 0 Å². The maximum absolute atomic E-state index is 12.5. The van der Waals surface area contributed by atoms with Crippen molar-refractivity contribution in [2.75, 3.05) is 0 Å². The van der Waals surface area contributed by atoms with Crippen LogP contribution in [0.15, 0.2) is 21.6 Å². The fourth-order valence-electron chi connectivity index (χ4n) is 1.87. The molecule has 1 N–H and O–H groups in total. The largest absolute Gasteiger partial charge is 0.452 e. The number of hydrogen-bond donors (Lipinski definition) is 1. The molecule has 0 aliphatic heterocycles. The third kappa shape index (κ3) is 3.03. The van der Waals surface area contributed by atoms with Crippen LogP contribution < -0.4 is 4.72 Å². The number of nitrogens with zero attached hydrogens (tertiary/aromatic N) is 1. The van der Waals surface area contributed by atoms with Crippen LogP contribution in [0.4, 0.5) is 13.2 Å². The number of rotatable bonds is 4. The van der Waals surface area contributed by atoms with Crippen molar-refractivity contribution in [2.24, 2.45) is 0 Å². The van der Waals surface area contributed by atoms with Gasteiger partial charge in [0.05, 0.1) is 9.77 Å². The Balaban J connectivity index is 1.93. The van der Waals surface area contributed by atoms with Gasteiger partial charge in [-0.05, 0) is 25.8 Å². The van der Waals surface area contributed by atoms with E-state index in [1.54, 1.807) is 6.92 Å². The number of alkyl halides is 3. The molecule has 1 aliphatic carbocycles. The van der Waals surface area contributed by atoms with Gasteiger partial charge in [0.1, 0.15) is 5.69 Å². The lowest BCUT2D eigenvalue weighted by Gasteiger charge is -2.03. The summed E-state index contributed by atoms with van der Waals surface area (Å²) in [5.41, 5.74) is -0.0340. The predicted octanol–water partition coefficient (Wildman–Crippen LogP) is 3.17. The number of hydrogen-bond acceptors (Lipinski definition) is 5. The van der Waals surface area contributed by atoms with Gasteiger partial charge in [-0.1, -0.05) is 5.16 Å². The van der Waals surface area contributed by atoms with Crippen LogP contribution in [0.5, 0.6) is 0 Å². The molecule has 1 fully saturated rings. The summed E-state index contributed by atoms with van der Waals surface area (Å²) < 4.78 is 68.7. The van der Waals surface area contributed by atoms with Gasteiger partial charge in [0.2, 0.25) is 15.8 Å². The van der Waals surface area contributed by atoms with Gasteiger partial charge in [0.15, 0.2) is 0 Å². The van der Waals surface area contributed by atoms with Gasteiger partial charge in [-0.3, -0.25) is 0 Å². The Kier molecular flexibility index (Phi) is 3.57. The minimum atomic E-state index is -4.63. The highest BCUT2D eigenvalue weighted by Crippen LogP contribution is 2.37. The first-order chi connectivity index (χ1) is 10.2. The van der Waals surface area contributed by atoms with Crippen molar-refractivity contribution >= 4 is 21.4 Å². The molecule has 120 valence electrons. The highest BCUT2D eigenvalue weighted by molar-refractivity contribution is 7.89. The molecule has 2 aromatic heterocycles. The van der Waals surface area contributed by atoms with Crippen molar-refractivity contribution in [2.45, 2.75) is 36.9 Å². The molecule has 0 aromatic carbocycles. The number of halogens is 3. The first-order valence-electron chi connectivity index (χ1n) is 6.34. The van der Waals surface area contributed by atoms with Crippen molar-refractivity contribution < 1.29 is 26.1 Å². The van der Waals surface area contributed by atoms with Gasteiger partial charge >= 0.3 is 6.18 Å². The van der Waals surface area contributed by atoms with Gasteiger partial charge in [-0.15, -0.1) is 11.3 Å². The predicted molar refractivity (Wildman–Crippen MR) is 72.9 cm³/mol. The average molecular weight is 352 g/mol. The summed E-state index contributed by atoms with van der Waals surface area (Å²) in [4.78, 5) is 0.864. The van der Waals surface area contributed by atoms with Gasteiger partial charge in [0.25, 0.3) is 0 Å². The Labute approximate surface area is 128 Å². The molecule has 2 aromatic rings. The molecule has 3 rings (SSSR count). The number of aromatic nitrogens is 1. The first-order valence-corrected chi connectivity index (χ1v) is 8.64. The fourth-order valence-corrected chi connectivity index (χ4v) is 4.72. The van der Waals surface area contributed by atoms with E-state index in [0.29, 0.717) is 9.75 Å². The van der Waals surface area contributed by atoms with Crippen molar-refractivity contribution in [3.8, 4) is 10.6 Å². The summed E-state index contributed by atoms with van der Waals surface area (Å²) in [6.45, 7) is 1.60. The van der Waals surface area contributed by atoms with Crippen LogP contribution in [0.1, 0.15) is 23.5 Å². The molecule has 0 radical (unpaired) electrons. The molecule has 22 heavy (non-hydrogen) atoms. The summed E-state index contributed by atoms with van der Waals surface area (Å²) in [7, 11) is -3.66. The Bertz CT molecular complexity index is 804. The minimum absolute atomic E-state index is 0.0340. The van der Waals surface area contributed by atoms with Crippen molar-refractivity contribution in [3.63, 3.8) is 0 Å². The monoisotopic (exact) mass is 352 g/mol. The maximum Gasteiger partial charge on any atom is 0.452 e. The summed E-state index contributed by atoms with van der Waals surface area (Å²) in [5, 5.41) is 3.36. The van der Waals surface area contributed by atoms with E-state index >= 15 is 0 Å². The molecule has 0 bridgehead atoms. The number of thiophene rings is 1. The minimum Gasteiger partial charge on any atom is -0.351 e. The maximum atomic E-state index is 12.5. The van der Waals surface area contributed by atoms with E-state index in [-0.39, 0.29) is 16.6 Å². The Morgan fingerprint density at radius 3 is 2.59 bits per heavy atom. The first kappa shape index (κ1) is 15.5. The normalized spacial score (nSPS) is 16.2. The fraction of sp³-hybridized carbons (Fsp3) is 0.417. The third-order valence-corrected chi connectivity index (χ3v) is 5.95. The Morgan fingerprint density at radius 1 is 1.36 bits per heavy atom. The number of sulfonamides is 1. The lowest BCUT2D eigenvalue weighted by molar-refractivity contribution is -0.155. The van der Waals surface area contributed by atoms with Crippen LogP contribution in [0.25, 0.3) is 10.6 Å². The van der Waals surface area contributed by atoms with E-state index in [1.807, 2.05) is 0 Å². The van der Waals surface area contributed by atoms with E-state index in [1.165, 1.54) is 6.07 Å². The second-order valence-electron chi connectivity index (χ2n) is 5.00. The third-order valence-electron chi connectivity index (χ3n) is 3.10. The average Bonchev–Trinajstić information content (AvgIpc) is 2.91. The van der Waals surface area contributed by atoms with E-state index in [4.69, 9.17) is 0 Å². The summed E-state index contributed by atoms with van der Waals surface area (Å²) in [5.74, 6) is -1.21. The quantitative estimate of drug-likeness (QED) is 0.917. The summed E-state index contributed by atoms with van der Waals surface area (Å²) in [6, 6.07) is 2.04. The molecule has 2 heterocycles. The number of nitrogens with one attached hydrogen (secondary N) is 1. The standard InChI is InChI=1S/C12H11F3N2O3S2/c1-6-10(22(18,19)17-7-2-3-7)5-9(21-6)8-4-11(20-16-8)12(13,14)15/h4-5,7,17H,2-3H2,1H3. The topological polar surface area (TPSA) is 72.2 Å². The molecule has 0 amide bonds. The molecule has 0 spiro atoms. The van der Waals surface area contributed by atoms with E-state index < -0.39 is 22.0 Å². The van der Waals surface area contributed by atoms with Crippen LogP contribution in [0.3, 0.4) is 0 Å². The van der Waals surface area contributed by atoms with Gasteiger partial charge < -0.3 is 4.52 Å². The van der Waals surface area contributed by atoms with Gasteiger partial charge in [-0.25, -0.2) is 13.1 Å². The number of aryl methyl sites for hydroxylation is 1. The Hall–Kier alpha value is -1.39. The smallest absolute Gasteiger partial charge is 0.351 e. The lowest BCUT2D eigenvalue weighted by atomic mass is 10.3. The molecule has 0 atom stereocenters. The molecule has 1 saturated carbocycles. The van der Waals surface area contributed by atoms with Crippen LogP contribution in [-0.2, 0) is 16.2 Å². The lowest BCUT2D eigenvalue weighted by Crippen LogP contribution is -2.25. The van der Waals surface area contributed by atoms with Gasteiger partial charge in [0, 0.05) is 17.0 Å². The highest BCUT2D eigenvalue weighted by Gasteiger charge is 2.36. The zero-order valence-corrected chi connectivity index (χ0v) is 12.9. The molecule has 1 aliphatic rings. The van der Waals surface area contributed by atoms with Crippen molar-refractivity contribution in [3.05, 3.63) is 22.8 Å². The molecule has 0 saturated heterocycles. The van der Waals surface area contributed by atoms with E-state index in [9.17, 15) is 21.6 Å². The summed E-state index contributed by atoms with van der Waals surface area (Å²) in [6.07, 6.45) is -3.03. The van der Waals surface area contributed by atoms with E-state index in [0.717, 1.165) is 30.2 Å². The van der Waals surface area contributed by atoms with Crippen LogP contribution in [0, 0.1) is 6.92 Å². The summed E-state index contributed by atoms with van der Waals surface area (Å²) >= 11 is 1.06. The second kappa shape index (κ2) is 5.07. The van der Waals surface area contributed by atoms with Crippen LogP contribution >= 0.6 is 11.3 Å². The highest BCUT2D eigenvalue weighted by atomic mass is 32.2. The molecule has 10 heteroatoms. The van der Waals surface area contributed by atoms with Crippen molar-refractivity contribution in [1.82, 2.24) is 9.88 Å². The zero-order chi connectivity index (χ0) is 16.1. The molecular weight excluding hydrogens is 341 g/mol.